The molecule has 0 saturated heterocycles. The zero-order chi connectivity index (χ0) is 10.9. The summed E-state index contributed by atoms with van der Waals surface area (Å²) in [6, 6.07) is 3.13. The van der Waals surface area contributed by atoms with E-state index in [1.54, 1.807) is 26.0 Å². The standard InChI is InChI=1S/C9H12O4S.Na.H/c1-6-4-8(13-3)5-7(2)9(6)14(10,11)12;;/h4-5H,1-3H3,(H,10,11,12);;/q;+1;-1. The fourth-order valence-electron chi connectivity index (χ4n) is 1.44. The maximum atomic E-state index is 11.0. The van der Waals surface area contributed by atoms with Gasteiger partial charge in [-0.3, -0.25) is 4.55 Å². The molecule has 0 unspecified atom stereocenters. The Labute approximate surface area is 113 Å². The van der Waals surface area contributed by atoms with E-state index in [-0.39, 0.29) is 35.9 Å². The fourth-order valence-corrected chi connectivity index (χ4v) is 2.37. The summed E-state index contributed by atoms with van der Waals surface area (Å²) in [6.07, 6.45) is 0. The average Bonchev–Trinajstić information content (AvgIpc) is 1.99. The molecule has 15 heavy (non-hydrogen) atoms. The summed E-state index contributed by atoms with van der Waals surface area (Å²) in [5, 5.41) is 0. The van der Waals surface area contributed by atoms with E-state index >= 15 is 0 Å². The molecule has 0 amide bonds. The summed E-state index contributed by atoms with van der Waals surface area (Å²) < 4.78 is 35.9. The molecule has 1 aromatic carbocycles. The van der Waals surface area contributed by atoms with E-state index in [2.05, 4.69) is 0 Å². The Bertz CT molecular complexity index is 436. The molecule has 0 fully saturated rings. The number of hydrogen-bond acceptors (Lipinski definition) is 3. The fraction of sp³-hybridized carbons (Fsp3) is 0.333. The van der Waals surface area contributed by atoms with Crippen molar-refractivity contribution in [2.45, 2.75) is 18.7 Å². The Kier molecular flexibility index (Phi) is 5.29. The predicted molar refractivity (Wildman–Crippen MR) is 53.4 cm³/mol. The minimum absolute atomic E-state index is 0. The minimum atomic E-state index is -4.14. The van der Waals surface area contributed by atoms with Crippen LogP contribution in [-0.2, 0) is 10.1 Å². The summed E-state index contributed by atoms with van der Waals surface area (Å²) in [7, 11) is -2.64. The van der Waals surface area contributed by atoms with E-state index in [0.717, 1.165) is 0 Å². The first-order valence-corrected chi connectivity index (χ1v) is 5.43. The third kappa shape index (κ3) is 3.46. The number of hydrogen-bond donors (Lipinski definition) is 1. The Morgan fingerprint density at radius 2 is 1.67 bits per heavy atom. The number of aryl methyl sites for hydroxylation is 2. The Balaban J connectivity index is 0. The maximum Gasteiger partial charge on any atom is 1.00 e. The van der Waals surface area contributed by atoms with Gasteiger partial charge in [-0.1, -0.05) is 0 Å². The molecular weight excluding hydrogens is 227 g/mol. The van der Waals surface area contributed by atoms with Crippen LogP contribution in [0.4, 0.5) is 0 Å². The molecular formula is C9H13NaO4S. The summed E-state index contributed by atoms with van der Waals surface area (Å²) >= 11 is 0. The van der Waals surface area contributed by atoms with Crippen LogP contribution in [0.25, 0.3) is 0 Å². The van der Waals surface area contributed by atoms with Gasteiger partial charge in [0.15, 0.2) is 0 Å². The second kappa shape index (κ2) is 5.32. The third-order valence-electron chi connectivity index (χ3n) is 1.93. The van der Waals surface area contributed by atoms with Crippen LogP contribution in [0, 0.1) is 13.8 Å². The second-order valence-electron chi connectivity index (χ2n) is 3.07. The molecule has 0 saturated carbocycles. The van der Waals surface area contributed by atoms with Gasteiger partial charge in [0.1, 0.15) is 5.75 Å². The van der Waals surface area contributed by atoms with E-state index in [1.165, 1.54) is 7.11 Å². The van der Waals surface area contributed by atoms with Crippen molar-refractivity contribution in [1.82, 2.24) is 0 Å². The maximum absolute atomic E-state index is 11.0. The van der Waals surface area contributed by atoms with Gasteiger partial charge in [0.25, 0.3) is 10.1 Å². The minimum Gasteiger partial charge on any atom is -1.00 e. The molecule has 0 aliphatic carbocycles. The topological polar surface area (TPSA) is 63.6 Å². The van der Waals surface area contributed by atoms with Crippen molar-refractivity contribution >= 4 is 10.1 Å². The summed E-state index contributed by atoms with van der Waals surface area (Å²) in [5.41, 5.74) is 0.953. The molecule has 80 valence electrons. The van der Waals surface area contributed by atoms with Gasteiger partial charge in [0.2, 0.25) is 0 Å². The van der Waals surface area contributed by atoms with Crippen LogP contribution >= 0.6 is 0 Å². The number of ether oxygens (including phenoxy) is 1. The number of methoxy groups -OCH3 is 1. The first kappa shape index (κ1) is 14.9. The van der Waals surface area contributed by atoms with E-state index in [4.69, 9.17) is 9.29 Å². The van der Waals surface area contributed by atoms with Gasteiger partial charge in [-0.25, -0.2) is 0 Å². The van der Waals surface area contributed by atoms with Crippen LogP contribution in [-0.4, -0.2) is 20.1 Å². The van der Waals surface area contributed by atoms with Crippen LogP contribution in [0.1, 0.15) is 12.6 Å². The van der Waals surface area contributed by atoms with Crippen LogP contribution in [0.15, 0.2) is 17.0 Å². The van der Waals surface area contributed by atoms with Gasteiger partial charge in [0, 0.05) is 0 Å². The van der Waals surface area contributed by atoms with Gasteiger partial charge in [0.05, 0.1) is 12.0 Å². The molecule has 0 spiro atoms. The Hall–Kier alpha value is -0.0700. The zero-order valence-electron chi connectivity index (χ0n) is 10.2. The second-order valence-corrected chi connectivity index (χ2v) is 4.42. The van der Waals surface area contributed by atoms with E-state index in [1.807, 2.05) is 0 Å². The van der Waals surface area contributed by atoms with Crippen LogP contribution in [0.5, 0.6) is 5.75 Å². The van der Waals surface area contributed by atoms with Crippen molar-refractivity contribution in [3.63, 3.8) is 0 Å². The molecule has 0 aromatic heterocycles. The van der Waals surface area contributed by atoms with Crippen LogP contribution in [0.2, 0.25) is 0 Å². The molecule has 0 aliphatic heterocycles. The van der Waals surface area contributed by atoms with E-state index in [9.17, 15) is 8.42 Å². The number of benzene rings is 1. The zero-order valence-corrected chi connectivity index (χ0v) is 12.1. The van der Waals surface area contributed by atoms with Crippen LogP contribution < -0.4 is 34.3 Å². The first-order valence-electron chi connectivity index (χ1n) is 3.99. The molecule has 0 aliphatic rings. The smallest absolute Gasteiger partial charge is 1.00 e. The monoisotopic (exact) mass is 240 g/mol. The van der Waals surface area contributed by atoms with Gasteiger partial charge in [-0.15, -0.1) is 0 Å². The molecule has 4 nitrogen and oxygen atoms in total. The van der Waals surface area contributed by atoms with E-state index in [0.29, 0.717) is 16.9 Å². The van der Waals surface area contributed by atoms with Crippen molar-refractivity contribution in [2.24, 2.45) is 0 Å². The van der Waals surface area contributed by atoms with Crippen LogP contribution in [0.3, 0.4) is 0 Å². The molecule has 6 heteroatoms. The molecule has 0 atom stereocenters. The molecule has 0 heterocycles. The van der Waals surface area contributed by atoms with Gasteiger partial charge < -0.3 is 6.16 Å². The molecule has 1 N–H and O–H groups in total. The Morgan fingerprint density at radius 3 is 1.93 bits per heavy atom. The van der Waals surface area contributed by atoms with E-state index < -0.39 is 10.1 Å². The van der Waals surface area contributed by atoms with Gasteiger partial charge in [-0.05, 0) is 37.1 Å². The summed E-state index contributed by atoms with van der Waals surface area (Å²) in [6.45, 7) is 3.22. The molecule has 0 bridgehead atoms. The average molecular weight is 240 g/mol. The molecule has 1 rings (SSSR count). The molecule has 0 radical (unpaired) electrons. The van der Waals surface area contributed by atoms with Crippen molar-refractivity contribution in [3.05, 3.63) is 23.3 Å². The van der Waals surface area contributed by atoms with Gasteiger partial charge in [-0.2, -0.15) is 8.42 Å². The van der Waals surface area contributed by atoms with Crippen molar-refractivity contribution in [1.29, 1.82) is 0 Å². The van der Waals surface area contributed by atoms with Crippen molar-refractivity contribution in [3.8, 4) is 5.75 Å². The summed E-state index contributed by atoms with van der Waals surface area (Å²) in [5.74, 6) is 0.576. The quantitative estimate of drug-likeness (QED) is 0.514. The number of rotatable bonds is 2. The predicted octanol–water partition coefficient (Wildman–Crippen LogP) is -1.32. The molecule has 1 aromatic rings. The Morgan fingerprint density at radius 1 is 1.27 bits per heavy atom. The van der Waals surface area contributed by atoms with Gasteiger partial charge >= 0.3 is 29.6 Å². The van der Waals surface area contributed by atoms with Crippen molar-refractivity contribution in [2.75, 3.05) is 7.11 Å². The first-order chi connectivity index (χ1) is 6.36. The van der Waals surface area contributed by atoms with Crippen molar-refractivity contribution < 1.29 is 48.7 Å². The normalized spacial score (nSPS) is 10.7. The largest absolute Gasteiger partial charge is 1.00 e. The SMILES string of the molecule is COc1cc(C)c(S(=O)(=O)O)c(C)c1.[H-].[Na+]. The third-order valence-corrected chi connectivity index (χ3v) is 3.09. The summed E-state index contributed by atoms with van der Waals surface area (Å²) in [4.78, 5) is -0.0432.